The van der Waals surface area contributed by atoms with Crippen LogP contribution in [0.15, 0.2) is 36.4 Å². The van der Waals surface area contributed by atoms with Crippen LogP contribution < -0.4 is 5.73 Å². The number of benzene rings is 2. The van der Waals surface area contributed by atoms with Crippen LogP contribution in [0.1, 0.15) is 10.4 Å². The fourth-order valence-electron chi connectivity index (χ4n) is 1.63. The van der Waals surface area contributed by atoms with Gasteiger partial charge in [-0.25, -0.2) is 8.78 Å². The van der Waals surface area contributed by atoms with Crippen molar-refractivity contribution >= 4 is 17.5 Å². The van der Waals surface area contributed by atoms with E-state index in [-0.39, 0.29) is 16.1 Å². The Bertz CT molecular complexity index is 628. The van der Waals surface area contributed by atoms with Crippen molar-refractivity contribution < 1.29 is 13.6 Å². The van der Waals surface area contributed by atoms with Crippen LogP contribution in [0.2, 0.25) is 5.02 Å². The van der Waals surface area contributed by atoms with Gasteiger partial charge in [0.15, 0.2) is 0 Å². The Balaban J connectivity index is 2.65. The summed E-state index contributed by atoms with van der Waals surface area (Å²) in [5, 5.41) is -0.104. The molecule has 0 fully saturated rings. The normalized spacial score (nSPS) is 10.4. The van der Waals surface area contributed by atoms with Gasteiger partial charge >= 0.3 is 0 Å². The summed E-state index contributed by atoms with van der Waals surface area (Å²) in [5.41, 5.74) is 6.06. The molecule has 0 bridgehead atoms. The second-order valence-electron chi connectivity index (χ2n) is 3.68. The van der Waals surface area contributed by atoms with Gasteiger partial charge in [0.2, 0.25) is 5.91 Å². The number of carbonyl (C=O) groups is 1. The molecule has 0 aliphatic rings. The Morgan fingerprint density at radius 3 is 2.44 bits per heavy atom. The zero-order valence-electron chi connectivity index (χ0n) is 9.08. The Morgan fingerprint density at radius 1 is 1.11 bits per heavy atom. The highest BCUT2D eigenvalue weighted by Gasteiger charge is 2.12. The minimum atomic E-state index is -0.689. The highest BCUT2D eigenvalue weighted by atomic mass is 35.5. The second kappa shape index (κ2) is 4.74. The Morgan fingerprint density at radius 2 is 1.83 bits per heavy atom. The predicted octanol–water partition coefficient (Wildman–Crippen LogP) is 3.38. The summed E-state index contributed by atoms with van der Waals surface area (Å²) >= 11 is 5.65. The van der Waals surface area contributed by atoms with Crippen molar-refractivity contribution in [2.24, 2.45) is 5.73 Å². The first-order chi connectivity index (χ1) is 8.49. The van der Waals surface area contributed by atoms with Gasteiger partial charge in [0, 0.05) is 5.56 Å². The summed E-state index contributed by atoms with van der Waals surface area (Å²) in [5.74, 6) is -1.79. The van der Waals surface area contributed by atoms with Crippen LogP contribution in [0, 0.1) is 11.6 Å². The summed E-state index contributed by atoms with van der Waals surface area (Å²) in [6, 6.07) is 7.44. The second-order valence-corrected chi connectivity index (χ2v) is 4.09. The maximum absolute atomic E-state index is 13.2. The predicted molar refractivity (Wildman–Crippen MR) is 65.3 cm³/mol. The zero-order valence-corrected chi connectivity index (χ0v) is 9.84. The van der Waals surface area contributed by atoms with Crippen molar-refractivity contribution in [3.05, 3.63) is 58.6 Å². The topological polar surface area (TPSA) is 43.1 Å². The number of halogens is 3. The first kappa shape index (κ1) is 12.5. The van der Waals surface area contributed by atoms with Gasteiger partial charge in [-0.2, -0.15) is 0 Å². The Labute approximate surface area is 107 Å². The van der Waals surface area contributed by atoms with Crippen LogP contribution in [-0.4, -0.2) is 5.91 Å². The molecule has 0 saturated heterocycles. The van der Waals surface area contributed by atoms with Crippen LogP contribution in [0.4, 0.5) is 8.78 Å². The number of primary amides is 1. The third kappa shape index (κ3) is 2.33. The van der Waals surface area contributed by atoms with E-state index in [1.165, 1.54) is 18.2 Å². The molecule has 0 aliphatic heterocycles. The van der Waals surface area contributed by atoms with Crippen LogP contribution in [0.25, 0.3) is 11.1 Å². The van der Waals surface area contributed by atoms with Crippen LogP contribution in [-0.2, 0) is 0 Å². The number of nitrogens with two attached hydrogens (primary N) is 1. The third-order valence-corrected chi connectivity index (χ3v) is 2.77. The molecule has 5 heteroatoms. The van der Waals surface area contributed by atoms with Gasteiger partial charge in [-0.1, -0.05) is 17.7 Å². The van der Waals surface area contributed by atoms with Crippen molar-refractivity contribution in [1.29, 1.82) is 0 Å². The van der Waals surface area contributed by atoms with Crippen molar-refractivity contribution in [3.8, 4) is 11.1 Å². The van der Waals surface area contributed by atoms with Gasteiger partial charge in [0.05, 0.1) is 5.02 Å². The standard InChI is InChI=1S/C13H8ClF2NO/c14-11-5-7(1-4-12(11)16)10-6-8(15)2-3-9(10)13(17)18/h1-6H,(H2,17,18). The molecule has 0 saturated carbocycles. The lowest BCUT2D eigenvalue weighted by molar-refractivity contribution is 0.100. The Kier molecular flexibility index (Phi) is 3.30. The molecular weight excluding hydrogens is 260 g/mol. The molecule has 0 radical (unpaired) electrons. The average molecular weight is 268 g/mol. The molecular formula is C13H8ClF2NO. The molecule has 0 atom stereocenters. The first-order valence-electron chi connectivity index (χ1n) is 5.04. The van der Waals surface area contributed by atoms with Crippen molar-refractivity contribution in [2.45, 2.75) is 0 Å². The number of amides is 1. The smallest absolute Gasteiger partial charge is 0.249 e. The molecule has 2 aromatic rings. The van der Waals surface area contributed by atoms with Gasteiger partial charge < -0.3 is 5.73 Å². The molecule has 2 aromatic carbocycles. The summed E-state index contributed by atoms with van der Waals surface area (Å²) in [6.45, 7) is 0. The van der Waals surface area contributed by atoms with Crippen molar-refractivity contribution in [2.75, 3.05) is 0 Å². The lowest BCUT2D eigenvalue weighted by Crippen LogP contribution is -2.12. The maximum atomic E-state index is 13.2. The van der Waals surface area contributed by atoms with Gasteiger partial charge in [0.25, 0.3) is 0 Å². The van der Waals surface area contributed by atoms with E-state index in [1.54, 1.807) is 0 Å². The number of carbonyl (C=O) groups excluding carboxylic acids is 1. The Hall–Kier alpha value is -1.94. The lowest BCUT2D eigenvalue weighted by atomic mass is 9.99. The van der Waals surface area contributed by atoms with Gasteiger partial charge in [-0.05, 0) is 41.5 Å². The first-order valence-corrected chi connectivity index (χ1v) is 5.41. The number of hydrogen-bond acceptors (Lipinski definition) is 1. The van der Waals surface area contributed by atoms with E-state index >= 15 is 0 Å². The van der Waals surface area contributed by atoms with Crippen LogP contribution >= 0.6 is 11.6 Å². The van der Waals surface area contributed by atoms with E-state index in [9.17, 15) is 13.6 Å². The fraction of sp³-hybridized carbons (Fsp3) is 0. The van der Waals surface area contributed by atoms with E-state index in [0.717, 1.165) is 18.2 Å². The van der Waals surface area contributed by atoms with Gasteiger partial charge in [-0.3, -0.25) is 4.79 Å². The summed E-state index contributed by atoms with van der Waals surface area (Å²) in [4.78, 5) is 11.3. The highest BCUT2D eigenvalue weighted by molar-refractivity contribution is 6.31. The molecule has 0 heterocycles. The number of rotatable bonds is 2. The van der Waals surface area contributed by atoms with Crippen LogP contribution in [0.5, 0.6) is 0 Å². The largest absolute Gasteiger partial charge is 0.366 e. The fourth-order valence-corrected chi connectivity index (χ4v) is 1.81. The molecule has 2 nitrogen and oxygen atoms in total. The molecule has 1 amide bonds. The minimum Gasteiger partial charge on any atom is -0.366 e. The SMILES string of the molecule is NC(=O)c1ccc(F)cc1-c1ccc(F)c(Cl)c1. The van der Waals surface area contributed by atoms with E-state index in [2.05, 4.69) is 0 Å². The van der Waals surface area contributed by atoms with Gasteiger partial charge in [0.1, 0.15) is 11.6 Å². The van der Waals surface area contributed by atoms with Crippen LogP contribution in [0.3, 0.4) is 0 Å². The molecule has 0 unspecified atom stereocenters. The third-order valence-electron chi connectivity index (χ3n) is 2.48. The van der Waals surface area contributed by atoms with E-state index in [0.29, 0.717) is 5.56 Å². The summed E-state index contributed by atoms with van der Waals surface area (Å²) in [6.07, 6.45) is 0. The molecule has 2 rings (SSSR count). The van der Waals surface area contributed by atoms with Crippen molar-refractivity contribution in [3.63, 3.8) is 0 Å². The summed E-state index contributed by atoms with van der Waals surface area (Å²) in [7, 11) is 0. The monoisotopic (exact) mass is 267 g/mol. The molecule has 92 valence electrons. The molecule has 0 spiro atoms. The minimum absolute atomic E-state index is 0.104. The average Bonchev–Trinajstić information content (AvgIpc) is 2.32. The maximum Gasteiger partial charge on any atom is 0.249 e. The molecule has 0 aromatic heterocycles. The van der Waals surface area contributed by atoms with E-state index in [4.69, 9.17) is 17.3 Å². The number of hydrogen-bond donors (Lipinski definition) is 1. The molecule has 2 N–H and O–H groups in total. The van der Waals surface area contributed by atoms with Crippen molar-refractivity contribution in [1.82, 2.24) is 0 Å². The quantitative estimate of drug-likeness (QED) is 0.890. The van der Waals surface area contributed by atoms with E-state index in [1.807, 2.05) is 0 Å². The summed E-state index contributed by atoms with van der Waals surface area (Å²) < 4.78 is 26.3. The molecule has 18 heavy (non-hydrogen) atoms. The zero-order chi connectivity index (χ0) is 13.3. The highest BCUT2D eigenvalue weighted by Crippen LogP contribution is 2.28. The molecule has 0 aliphatic carbocycles. The lowest BCUT2D eigenvalue weighted by Gasteiger charge is -2.08. The van der Waals surface area contributed by atoms with Gasteiger partial charge in [-0.15, -0.1) is 0 Å². The van der Waals surface area contributed by atoms with E-state index < -0.39 is 17.5 Å².